The first-order valence-electron chi connectivity index (χ1n) is 19.4. The van der Waals surface area contributed by atoms with Crippen LogP contribution in [0.3, 0.4) is 0 Å². The van der Waals surface area contributed by atoms with Crippen molar-refractivity contribution in [2.45, 2.75) is 0 Å². The normalized spacial score (nSPS) is 15.3. The lowest BCUT2D eigenvalue weighted by Crippen LogP contribution is -1.91. The molecule has 0 amide bonds. The maximum atomic E-state index is 9.30. The van der Waals surface area contributed by atoms with Crippen LogP contribution < -0.4 is 0 Å². The molecular formula is C42H26O. The van der Waals surface area contributed by atoms with Crippen molar-refractivity contribution in [3.05, 3.63) is 157 Å². The highest BCUT2D eigenvalue weighted by Gasteiger charge is 2.20. The molecular weight excluding hydrogens is 520 g/mol. The van der Waals surface area contributed by atoms with Crippen molar-refractivity contribution in [2.24, 2.45) is 0 Å². The van der Waals surface area contributed by atoms with Crippen molar-refractivity contribution in [1.29, 1.82) is 0 Å². The molecule has 0 bridgehead atoms. The van der Waals surface area contributed by atoms with Gasteiger partial charge in [0.2, 0.25) is 0 Å². The third-order valence-corrected chi connectivity index (χ3v) is 8.14. The Labute approximate surface area is 264 Å². The Kier molecular flexibility index (Phi) is 3.41. The summed E-state index contributed by atoms with van der Waals surface area (Å²) >= 11 is 0. The molecule has 0 saturated carbocycles. The number of para-hydroxylation sites is 1. The van der Waals surface area contributed by atoms with Gasteiger partial charge in [-0.05, 0) is 83.8 Å². The van der Waals surface area contributed by atoms with E-state index in [4.69, 9.17) is 18.1 Å². The molecule has 0 aliphatic rings. The minimum absolute atomic E-state index is 0.0252. The van der Waals surface area contributed by atoms with Crippen molar-refractivity contribution < 1.29 is 19.5 Å². The smallest absolute Gasteiger partial charge is 0.136 e. The summed E-state index contributed by atoms with van der Waals surface area (Å²) in [5, 5.41) is 3.97. The van der Waals surface area contributed by atoms with Crippen molar-refractivity contribution >= 4 is 54.3 Å². The standard InChI is InChI=1S/C42H26O/c1-2-11-30-26-31(25-22-27(30)10-1)28-20-23-29(24-21-28)40-32-12-3-5-14-34(32)41(35-15-6-4-13-33(35)40)37-17-9-19-39-42(37)36-16-7-8-18-38(36)43-39/h1-26H/i3D,4D,5D,6D,7D,8D,9D,16D,17D,18D,19D. The highest BCUT2D eigenvalue weighted by molar-refractivity contribution is 6.25. The molecule has 8 aromatic carbocycles. The molecule has 0 aliphatic carbocycles. The second kappa shape index (κ2) is 9.44. The molecule has 9 rings (SSSR count). The number of hydrogen-bond donors (Lipinski definition) is 0. The van der Waals surface area contributed by atoms with Gasteiger partial charge in [-0.1, -0.05) is 139 Å². The number of benzene rings is 8. The molecule has 0 spiro atoms. The molecule has 1 aromatic heterocycles. The molecule has 0 unspecified atom stereocenters. The monoisotopic (exact) mass is 557 g/mol. The lowest BCUT2D eigenvalue weighted by Gasteiger charge is -2.18. The second-order valence-corrected chi connectivity index (χ2v) is 10.5. The number of hydrogen-bond acceptors (Lipinski definition) is 1. The Morgan fingerprint density at radius 1 is 0.419 bits per heavy atom. The Balaban J connectivity index is 1.42. The highest BCUT2D eigenvalue weighted by atomic mass is 16.3. The van der Waals surface area contributed by atoms with Crippen LogP contribution in [0.15, 0.2) is 162 Å². The zero-order valence-electron chi connectivity index (χ0n) is 33.6. The van der Waals surface area contributed by atoms with Crippen LogP contribution in [0.25, 0.3) is 87.6 Å². The van der Waals surface area contributed by atoms with E-state index in [0.717, 1.165) is 27.5 Å². The minimum atomic E-state index is -0.536. The van der Waals surface area contributed by atoms with Gasteiger partial charge >= 0.3 is 0 Å². The van der Waals surface area contributed by atoms with E-state index in [1.54, 1.807) is 12.1 Å². The molecule has 0 N–H and O–H groups in total. The average molecular weight is 558 g/mol. The van der Waals surface area contributed by atoms with Crippen LogP contribution in [0, 0.1) is 0 Å². The topological polar surface area (TPSA) is 13.1 Å². The molecule has 0 atom stereocenters. The van der Waals surface area contributed by atoms with Gasteiger partial charge in [-0.25, -0.2) is 0 Å². The van der Waals surface area contributed by atoms with Gasteiger partial charge in [0, 0.05) is 10.8 Å². The van der Waals surface area contributed by atoms with E-state index < -0.39 is 42.3 Å². The Hall–Kier alpha value is -5.66. The molecule has 43 heavy (non-hydrogen) atoms. The fourth-order valence-electron chi connectivity index (χ4n) is 6.21. The Bertz CT molecular complexity index is 3040. The third-order valence-electron chi connectivity index (χ3n) is 8.14. The van der Waals surface area contributed by atoms with Gasteiger partial charge in [0.25, 0.3) is 0 Å². The summed E-state index contributed by atoms with van der Waals surface area (Å²) in [6.07, 6.45) is 0. The molecule has 0 saturated heterocycles. The van der Waals surface area contributed by atoms with Gasteiger partial charge in [-0.15, -0.1) is 0 Å². The van der Waals surface area contributed by atoms with Gasteiger partial charge in [-0.2, -0.15) is 0 Å². The second-order valence-electron chi connectivity index (χ2n) is 10.5. The van der Waals surface area contributed by atoms with Gasteiger partial charge < -0.3 is 4.42 Å². The molecule has 1 heteroatoms. The number of furan rings is 1. The molecule has 1 heterocycles. The van der Waals surface area contributed by atoms with E-state index in [-0.39, 0.29) is 57.2 Å². The van der Waals surface area contributed by atoms with Crippen LogP contribution in [0.4, 0.5) is 0 Å². The van der Waals surface area contributed by atoms with E-state index in [2.05, 4.69) is 30.3 Å². The largest absolute Gasteiger partial charge is 0.456 e. The maximum Gasteiger partial charge on any atom is 0.136 e. The predicted octanol–water partition coefficient (Wildman–Crippen LogP) is 12.0. The summed E-state index contributed by atoms with van der Waals surface area (Å²) in [5.41, 5.74) is 3.21. The van der Waals surface area contributed by atoms with Crippen LogP contribution in [0.5, 0.6) is 0 Å². The van der Waals surface area contributed by atoms with E-state index in [1.165, 1.54) is 12.1 Å². The molecule has 0 aliphatic heterocycles. The lowest BCUT2D eigenvalue weighted by molar-refractivity contribution is 0.669. The van der Waals surface area contributed by atoms with Gasteiger partial charge in [0.1, 0.15) is 11.2 Å². The summed E-state index contributed by atoms with van der Waals surface area (Å²) in [4.78, 5) is 0. The molecule has 9 aromatic rings. The summed E-state index contributed by atoms with van der Waals surface area (Å²) in [5.74, 6) is 0. The first-order valence-corrected chi connectivity index (χ1v) is 13.9. The van der Waals surface area contributed by atoms with E-state index >= 15 is 0 Å². The average Bonchev–Trinajstić information content (AvgIpc) is 3.57. The zero-order valence-corrected chi connectivity index (χ0v) is 22.6. The Morgan fingerprint density at radius 2 is 1.02 bits per heavy atom. The van der Waals surface area contributed by atoms with Gasteiger partial charge in [0.05, 0.1) is 15.1 Å². The SMILES string of the molecule is [2H]c1cc2c(-c3ccc(-c4ccc5ccccc5c4)cc3)c3cc([2H])c([2H])cc3c(-c3c([2H])c([2H])c([2H])c4oc5c([2H])c([2H])c([2H])c([2H])c5c34)c2cc1[2H]. The highest BCUT2D eigenvalue weighted by Crippen LogP contribution is 2.46. The first kappa shape index (κ1) is 15.5. The van der Waals surface area contributed by atoms with Crippen LogP contribution in [-0.4, -0.2) is 0 Å². The predicted molar refractivity (Wildman–Crippen MR) is 183 cm³/mol. The van der Waals surface area contributed by atoms with E-state index in [0.29, 0.717) is 27.1 Å². The lowest BCUT2D eigenvalue weighted by atomic mass is 9.84. The number of rotatable bonds is 3. The minimum Gasteiger partial charge on any atom is -0.456 e. The Morgan fingerprint density at radius 3 is 1.77 bits per heavy atom. The molecule has 0 fully saturated rings. The quantitative estimate of drug-likeness (QED) is 0.197. The van der Waals surface area contributed by atoms with Gasteiger partial charge in [0.15, 0.2) is 0 Å². The van der Waals surface area contributed by atoms with Crippen LogP contribution in [-0.2, 0) is 0 Å². The van der Waals surface area contributed by atoms with E-state index in [1.807, 2.05) is 36.4 Å². The molecule has 0 radical (unpaired) electrons. The van der Waals surface area contributed by atoms with Crippen LogP contribution in [0.1, 0.15) is 15.1 Å². The maximum absolute atomic E-state index is 9.30. The van der Waals surface area contributed by atoms with Crippen LogP contribution in [0.2, 0.25) is 0 Å². The van der Waals surface area contributed by atoms with E-state index in [9.17, 15) is 1.37 Å². The summed E-state index contributed by atoms with van der Waals surface area (Å²) in [7, 11) is 0. The fraction of sp³-hybridized carbons (Fsp3) is 0. The summed E-state index contributed by atoms with van der Waals surface area (Å²) in [6, 6.07) is 24.5. The van der Waals surface area contributed by atoms with Crippen molar-refractivity contribution in [1.82, 2.24) is 0 Å². The molecule has 1 nitrogen and oxygen atoms in total. The summed E-state index contributed by atoms with van der Waals surface area (Å²) in [6.45, 7) is 0. The number of fused-ring (bicyclic) bond motifs is 6. The molecule has 200 valence electrons. The zero-order chi connectivity index (χ0) is 37.9. The summed E-state index contributed by atoms with van der Waals surface area (Å²) < 4.78 is 102. The fourth-order valence-corrected chi connectivity index (χ4v) is 6.21. The van der Waals surface area contributed by atoms with Crippen molar-refractivity contribution in [3.8, 4) is 33.4 Å². The van der Waals surface area contributed by atoms with Gasteiger partial charge in [-0.3, -0.25) is 0 Å². The van der Waals surface area contributed by atoms with Crippen molar-refractivity contribution in [3.63, 3.8) is 0 Å². The van der Waals surface area contributed by atoms with Crippen molar-refractivity contribution in [2.75, 3.05) is 0 Å². The third kappa shape index (κ3) is 3.72. The first-order chi connectivity index (χ1) is 25.8. The van der Waals surface area contributed by atoms with Crippen LogP contribution >= 0.6 is 0 Å².